The highest BCUT2D eigenvalue weighted by atomic mass is 16.5. The van der Waals surface area contributed by atoms with Crippen molar-refractivity contribution in [3.8, 4) is 5.75 Å². The highest BCUT2D eigenvalue weighted by Gasteiger charge is 2.33. The molecule has 4 atom stereocenters. The number of likely N-dealkylation sites (N-methyl/N-ethyl adjacent to an activating group) is 2. The number of rotatable bonds is 24. The summed E-state index contributed by atoms with van der Waals surface area (Å²) in [5, 5.41) is 22.7. The summed E-state index contributed by atoms with van der Waals surface area (Å²) in [6.07, 6.45) is -0.923. The summed E-state index contributed by atoms with van der Waals surface area (Å²) in [5.74, 6) is -0.345. The molecule has 17 nitrogen and oxygen atoms in total. The molecule has 2 saturated heterocycles. The van der Waals surface area contributed by atoms with Crippen molar-refractivity contribution in [1.29, 1.82) is 0 Å². The maximum Gasteiger partial charge on any atom is 0.317 e. The van der Waals surface area contributed by atoms with Crippen molar-refractivity contribution < 1.29 is 38.5 Å². The van der Waals surface area contributed by atoms with Gasteiger partial charge in [0, 0.05) is 79.5 Å². The molecule has 0 aliphatic carbocycles. The van der Waals surface area contributed by atoms with Crippen LogP contribution >= 0.6 is 0 Å². The molecule has 2 heterocycles. The zero-order valence-electron chi connectivity index (χ0n) is 39.6. The number of amides is 6. The van der Waals surface area contributed by atoms with Crippen molar-refractivity contribution in [1.82, 2.24) is 46.0 Å². The van der Waals surface area contributed by atoms with Crippen LogP contribution in [-0.2, 0) is 32.0 Å². The number of aliphatic hydroxyl groups excluding tert-OH is 1. The average Bonchev–Trinajstić information content (AvgIpc) is 3.28. The van der Waals surface area contributed by atoms with Crippen molar-refractivity contribution in [2.75, 3.05) is 106 Å². The minimum atomic E-state index is -1.20. The lowest BCUT2D eigenvalue weighted by atomic mass is 9.98. The number of hydrazine groups is 1. The summed E-state index contributed by atoms with van der Waals surface area (Å²) in [7, 11) is 3.42. The molecule has 2 aliphatic heterocycles. The SMILES string of the molecule is CC(C)COc1ccc(CN(CC(O)C(Cc2ccccc2)NC(=O)[C@@H](NC(=O)N(C)CCN2CCOCC2)C(C)C)NC(=O)[C@@H](NC(=O)N(C)CCN2CCOCC2)C(C)C)cc1. The second-order valence-corrected chi connectivity index (χ2v) is 18.2. The van der Waals surface area contributed by atoms with Gasteiger partial charge in [0.05, 0.1) is 45.2 Å². The molecule has 0 bridgehead atoms. The fourth-order valence-electron chi connectivity index (χ4n) is 7.32. The first kappa shape index (κ1) is 52.1. The van der Waals surface area contributed by atoms with Crippen molar-refractivity contribution in [3.05, 3.63) is 65.7 Å². The number of nitrogens with one attached hydrogen (secondary N) is 4. The lowest BCUT2D eigenvalue weighted by Crippen LogP contribution is -2.60. The van der Waals surface area contributed by atoms with E-state index in [1.807, 2.05) is 82.3 Å². The lowest BCUT2D eigenvalue weighted by molar-refractivity contribution is -0.131. The van der Waals surface area contributed by atoms with Gasteiger partial charge in [0.2, 0.25) is 5.91 Å². The highest BCUT2D eigenvalue weighted by Crippen LogP contribution is 2.17. The smallest absolute Gasteiger partial charge is 0.317 e. The van der Waals surface area contributed by atoms with E-state index in [9.17, 15) is 24.3 Å². The number of hydrogen-bond acceptors (Lipinski definition) is 11. The van der Waals surface area contributed by atoms with Gasteiger partial charge < -0.3 is 45.1 Å². The molecule has 0 aromatic heterocycles. The number of hydrogen-bond donors (Lipinski definition) is 5. The van der Waals surface area contributed by atoms with Crippen LogP contribution in [-0.4, -0.2) is 184 Å². The third kappa shape index (κ3) is 18.2. The molecule has 0 spiro atoms. The molecule has 358 valence electrons. The van der Waals surface area contributed by atoms with E-state index < -0.39 is 36.0 Å². The molecule has 2 unspecified atom stereocenters. The van der Waals surface area contributed by atoms with Crippen LogP contribution in [0.25, 0.3) is 0 Å². The van der Waals surface area contributed by atoms with E-state index in [1.54, 1.807) is 28.9 Å². The number of aliphatic hydroxyl groups is 1. The van der Waals surface area contributed by atoms with Gasteiger partial charge >= 0.3 is 12.1 Å². The number of nitrogens with zero attached hydrogens (tertiary/aromatic N) is 5. The summed E-state index contributed by atoms with van der Waals surface area (Å²) in [6, 6.07) is 13.7. The van der Waals surface area contributed by atoms with Crippen molar-refractivity contribution in [3.63, 3.8) is 0 Å². The van der Waals surface area contributed by atoms with Crippen LogP contribution in [0.2, 0.25) is 0 Å². The van der Waals surface area contributed by atoms with Crippen molar-refractivity contribution in [2.45, 2.75) is 78.7 Å². The van der Waals surface area contributed by atoms with Crippen LogP contribution < -0.4 is 26.1 Å². The molecule has 6 amide bonds. The third-order valence-electron chi connectivity index (χ3n) is 11.5. The summed E-state index contributed by atoms with van der Waals surface area (Å²) in [4.78, 5) is 62.9. The Hall–Kier alpha value is -4.52. The van der Waals surface area contributed by atoms with Crippen molar-refractivity contribution in [2.24, 2.45) is 17.8 Å². The van der Waals surface area contributed by atoms with Crippen molar-refractivity contribution >= 4 is 23.9 Å². The molecular formula is C47H77N9O8. The van der Waals surface area contributed by atoms with Gasteiger partial charge in [0.15, 0.2) is 0 Å². The molecule has 0 radical (unpaired) electrons. The fraction of sp³-hybridized carbons (Fsp3) is 0.660. The van der Waals surface area contributed by atoms with E-state index >= 15 is 0 Å². The summed E-state index contributed by atoms with van der Waals surface area (Å²) >= 11 is 0. The van der Waals surface area contributed by atoms with E-state index in [2.05, 4.69) is 45.0 Å². The predicted molar refractivity (Wildman–Crippen MR) is 248 cm³/mol. The Morgan fingerprint density at radius 1 is 0.688 bits per heavy atom. The number of carbonyl (C=O) groups is 4. The maximum atomic E-state index is 14.2. The Bertz CT molecular complexity index is 1690. The van der Waals surface area contributed by atoms with Gasteiger partial charge in [-0.25, -0.2) is 14.6 Å². The molecule has 2 aromatic rings. The molecule has 64 heavy (non-hydrogen) atoms. The van der Waals surface area contributed by atoms with E-state index in [1.165, 1.54) is 0 Å². The number of morpholine rings is 2. The van der Waals surface area contributed by atoms with Gasteiger partial charge in [-0.1, -0.05) is 84.0 Å². The second kappa shape index (κ2) is 27.1. The summed E-state index contributed by atoms with van der Waals surface area (Å²) in [6.45, 7) is 20.5. The molecule has 5 N–H and O–H groups in total. The molecule has 2 aromatic carbocycles. The Balaban J connectivity index is 1.52. The Morgan fingerprint density at radius 3 is 1.67 bits per heavy atom. The van der Waals surface area contributed by atoms with Crippen LogP contribution in [0.15, 0.2) is 54.6 Å². The third-order valence-corrected chi connectivity index (χ3v) is 11.5. The zero-order chi connectivity index (χ0) is 46.6. The standard InChI is InChI=1S/C47H77N9O8/c1-34(2)33-64-39-16-14-38(15-17-39)31-56(51-45(59)43(36(5)6)50-47(61)53(8)19-21-55-24-28-63-29-25-55)32-41(57)40(30-37-12-10-9-11-13-37)48-44(58)42(35(3)4)49-46(60)52(7)18-20-54-22-26-62-27-23-54/h9-17,34-36,40-43,57H,18-33H2,1-8H3,(H,48,58)(H,49,60)(H,50,61)(H,51,59)/t40?,41?,42-,43-/m0/s1. The second-order valence-electron chi connectivity index (χ2n) is 18.2. The molecular weight excluding hydrogens is 819 g/mol. The Kier molecular flexibility index (Phi) is 22.0. The van der Waals surface area contributed by atoms with Crippen LogP contribution in [0.1, 0.15) is 52.7 Å². The fourth-order valence-corrected chi connectivity index (χ4v) is 7.32. The number of benzene rings is 2. The van der Waals surface area contributed by atoms with Gasteiger partial charge in [-0.15, -0.1) is 0 Å². The quantitative estimate of drug-likeness (QED) is 0.0979. The van der Waals surface area contributed by atoms with E-state index in [4.69, 9.17) is 14.2 Å². The van der Waals surface area contributed by atoms with E-state index in [0.29, 0.717) is 70.9 Å². The lowest BCUT2D eigenvalue weighted by Gasteiger charge is -2.34. The van der Waals surface area contributed by atoms with Crippen LogP contribution in [0.4, 0.5) is 9.59 Å². The molecule has 4 rings (SSSR count). The Labute approximate surface area is 381 Å². The topological polar surface area (TPSA) is 181 Å². The first-order chi connectivity index (χ1) is 30.6. The first-order valence-corrected chi connectivity index (χ1v) is 23.0. The van der Waals surface area contributed by atoms with Gasteiger partial charge in [0.25, 0.3) is 5.91 Å². The minimum absolute atomic E-state index is 0.0870. The van der Waals surface area contributed by atoms with E-state index in [-0.39, 0.29) is 43.4 Å². The summed E-state index contributed by atoms with van der Waals surface area (Å²) in [5.41, 5.74) is 4.73. The molecule has 2 fully saturated rings. The van der Waals surface area contributed by atoms with Crippen LogP contribution in [0.5, 0.6) is 5.75 Å². The largest absolute Gasteiger partial charge is 0.493 e. The van der Waals surface area contributed by atoms with Crippen LogP contribution in [0, 0.1) is 17.8 Å². The predicted octanol–water partition coefficient (Wildman–Crippen LogP) is 2.64. The number of ether oxygens (including phenoxy) is 3. The highest BCUT2D eigenvalue weighted by molar-refractivity contribution is 5.88. The normalized spacial score (nSPS) is 16.8. The van der Waals surface area contributed by atoms with Gasteiger partial charge in [0.1, 0.15) is 17.8 Å². The van der Waals surface area contributed by atoms with E-state index in [0.717, 1.165) is 37.3 Å². The average molecular weight is 896 g/mol. The first-order valence-electron chi connectivity index (χ1n) is 23.0. The zero-order valence-corrected chi connectivity index (χ0v) is 39.6. The molecule has 2 aliphatic rings. The maximum absolute atomic E-state index is 14.2. The van der Waals surface area contributed by atoms with Gasteiger partial charge in [-0.05, 0) is 47.4 Å². The van der Waals surface area contributed by atoms with Gasteiger partial charge in [-0.3, -0.25) is 24.8 Å². The monoisotopic (exact) mass is 896 g/mol. The number of carbonyl (C=O) groups excluding carboxylic acids is 4. The minimum Gasteiger partial charge on any atom is -0.493 e. The van der Waals surface area contributed by atoms with Gasteiger partial charge in [-0.2, -0.15) is 0 Å². The summed E-state index contributed by atoms with van der Waals surface area (Å²) < 4.78 is 16.8. The molecule has 17 heteroatoms. The van der Waals surface area contributed by atoms with Crippen LogP contribution in [0.3, 0.4) is 0 Å². The number of urea groups is 2. The molecule has 0 saturated carbocycles. The Morgan fingerprint density at radius 2 is 1.19 bits per heavy atom.